The van der Waals surface area contributed by atoms with Crippen molar-refractivity contribution < 1.29 is 14.7 Å². The monoisotopic (exact) mass is 214 g/mol. The van der Waals surface area contributed by atoms with E-state index in [1.54, 1.807) is 25.1 Å². The van der Waals surface area contributed by atoms with E-state index >= 15 is 0 Å². The summed E-state index contributed by atoms with van der Waals surface area (Å²) in [5, 5.41) is 10.3. The topological polar surface area (TPSA) is 54.4 Å². The Hall–Kier alpha value is -2.16. The van der Waals surface area contributed by atoms with Gasteiger partial charge in [-0.25, -0.2) is 4.79 Å². The van der Waals surface area contributed by atoms with Crippen molar-refractivity contribution in [2.75, 3.05) is 0 Å². The summed E-state index contributed by atoms with van der Waals surface area (Å²) in [7, 11) is 0. The molecular formula is C13H10O3. The van der Waals surface area contributed by atoms with Gasteiger partial charge in [-0.1, -0.05) is 36.4 Å². The number of fused-ring (bicyclic) bond motifs is 1. The average molecular weight is 214 g/mol. The van der Waals surface area contributed by atoms with E-state index in [9.17, 15) is 9.59 Å². The van der Waals surface area contributed by atoms with Crippen molar-refractivity contribution in [3.63, 3.8) is 0 Å². The van der Waals surface area contributed by atoms with Gasteiger partial charge >= 0.3 is 5.97 Å². The lowest BCUT2D eigenvalue weighted by atomic mass is 9.97. The van der Waals surface area contributed by atoms with Crippen LogP contribution in [0, 0.1) is 6.92 Å². The van der Waals surface area contributed by atoms with Gasteiger partial charge in [-0.2, -0.15) is 0 Å². The maximum absolute atomic E-state index is 11.6. The molecule has 0 amide bonds. The molecule has 0 unspecified atom stereocenters. The molecule has 0 aromatic heterocycles. The first kappa shape index (κ1) is 10.4. The van der Waals surface area contributed by atoms with Crippen molar-refractivity contribution in [2.45, 2.75) is 6.92 Å². The van der Waals surface area contributed by atoms with Gasteiger partial charge in [-0.15, -0.1) is 0 Å². The number of hydrogen-bond donors (Lipinski definition) is 1. The predicted octanol–water partition coefficient (Wildman–Crippen LogP) is 2.42. The summed E-state index contributed by atoms with van der Waals surface area (Å²) in [5.74, 6) is -2.27. The quantitative estimate of drug-likeness (QED) is 0.617. The molecule has 0 atom stereocenters. The second-order valence-electron chi connectivity index (χ2n) is 3.61. The number of rotatable bonds is 2. The summed E-state index contributed by atoms with van der Waals surface area (Å²) in [6.07, 6.45) is 0. The summed E-state index contributed by atoms with van der Waals surface area (Å²) in [5.41, 5.74) is 0.969. The van der Waals surface area contributed by atoms with Crippen molar-refractivity contribution in [2.24, 2.45) is 0 Å². The molecule has 2 rings (SSSR count). The molecule has 1 N–H and O–H groups in total. The Bertz CT molecular complexity index is 585. The minimum absolute atomic E-state index is 0.283. The molecule has 2 aromatic carbocycles. The summed E-state index contributed by atoms with van der Waals surface area (Å²) in [6.45, 7) is 1.74. The molecule has 3 heteroatoms. The van der Waals surface area contributed by atoms with Crippen molar-refractivity contribution in [1.29, 1.82) is 0 Å². The van der Waals surface area contributed by atoms with E-state index in [4.69, 9.17) is 5.11 Å². The minimum atomic E-state index is -1.42. The van der Waals surface area contributed by atoms with Crippen molar-refractivity contribution in [3.05, 3.63) is 47.5 Å². The highest BCUT2D eigenvalue weighted by atomic mass is 16.4. The fourth-order valence-electron chi connectivity index (χ4n) is 1.79. The van der Waals surface area contributed by atoms with E-state index in [-0.39, 0.29) is 5.56 Å². The molecule has 2 aromatic rings. The van der Waals surface area contributed by atoms with E-state index < -0.39 is 11.8 Å². The summed E-state index contributed by atoms with van der Waals surface area (Å²) >= 11 is 0. The molecule has 16 heavy (non-hydrogen) atoms. The largest absolute Gasteiger partial charge is 0.475 e. The molecule has 0 bridgehead atoms. The van der Waals surface area contributed by atoms with Gasteiger partial charge in [0.05, 0.1) is 0 Å². The highest BCUT2D eigenvalue weighted by Gasteiger charge is 2.19. The number of aliphatic carboxylic acids is 1. The standard InChI is InChI=1S/C13H10O3/c1-8-6-7-9-4-2-3-5-10(9)11(8)12(14)13(15)16/h2-7H,1H3,(H,15,16). The van der Waals surface area contributed by atoms with Crippen LogP contribution in [0.4, 0.5) is 0 Å². The van der Waals surface area contributed by atoms with Crippen LogP contribution >= 0.6 is 0 Å². The lowest BCUT2D eigenvalue weighted by Gasteiger charge is -2.06. The molecule has 3 nitrogen and oxygen atoms in total. The Morgan fingerprint density at radius 2 is 1.75 bits per heavy atom. The van der Waals surface area contributed by atoms with Crippen LogP contribution < -0.4 is 0 Å². The van der Waals surface area contributed by atoms with Crippen LogP contribution in [0.5, 0.6) is 0 Å². The van der Waals surface area contributed by atoms with Crippen LogP contribution in [0.25, 0.3) is 10.8 Å². The van der Waals surface area contributed by atoms with Crippen molar-refractivity contribution >= 4 is 22.5 Å². The zero-order valence-electron chi connectivity index (χ0n) is 8.73. The van der Waals surface area contributed by atoms with Crippen LogP contribution in [0.1, 0.15) is 15.9 Å². The van der Waals surface area contributed by atoms with Crippen molar-refractivity contribution in [3.8, 4) is 0 Å². The van der Waals surface area contributed by atoms with Crippen LogP contribution in [-0.4, -0.2) is 16.9 Å². The number of carbonyl (C=O) groups excluding carboxylic acids is 1. The minimum Gasteiger partial charge on any atom is -0.475 e. The highest BCUT2D eigenvalue weighted by molar-refractivity contribution is 6.42. The summed E-state index contributed by atoms with van der Waals surface area (Å²) in [6, 6.07) is 10.9. The van der Waals surface area contributed by atoms with Gasteiger partial charge in [0.15, 0.2) is 0 Å². The van der Waals surface area contributed by atoms with Crippen LogP contribution in [0.15, 0.2) is 36.4 Å². The first-order valence-electron chi connectivity index (χ1n) is 4.87. The number of aryl methyl sites for hydroxylation is 1. The van der Waals surface area contributed by atoms with Gasteiger partial charge < -0.3 is 5.11 Å². The lowest BCUT2D eigenvalue weighted by Crippen LogP contribution is -2.14. The molecule has 0 saturated heterocycles. The fourth-order valence-corrected chi connectivity index (χ4v) is 1.79. The van der Waals surface area contributed by atoms with Gasteiger partial charge in [0.2, 0.25) is 0 Å². The molecule has 0 aliphatic rings. The highest BCUT2D eigenvalue weighted by Crippen LogP contribution is 2.22. The SMILES string of the molecule is Cc1ccc2ccccc2c1C(=O)C(=O)O. The third-order valence-electron chi connectivity index (χ3n) is 2.56. The van der Waals surface area contributed by atoms with E-state index in [2.05, 4.69) is 0 Å². The van der Waals surface area contributed by atoms with E-state index in [1.165, 1.54) is 0 Å². The van der Waals surface area contributed by atoms with Crippen molar-refractivity contribution in [1.82, 2.24) is 0 Å². The smallest absolute Gasteiger partial charge is 0.377 e. The first-order chi connectivity index (χ1) is 7.61. The molecular weight excluding hydrogens is 204 g/mol. The Morgan fingerprint density at radius 3 is 2.44 bits per heavy atom. The van der Waals surface area contributed by atoms with Crippen LogP contribution in [0.3, 0.4) is 0 Å². The number of carboxylic acids is 1. The van der Waals surface area contributed by atoms with Crippen LogP contribution in [0.2, 0.25) is 0 Å². The Labute approximate surface area is 92.3 Å². The maximum Gasteiger partial charge on any atom is 0.377 e. The Morgan fingerprint density at radius 1 is 1.06 bits per heavy atom. The fraction of sp³-hybridized carbons (Fsp3) is 0.0769. The first-order valence-corrected chi connectivity index (χ1v) is 4.87. The number of carboxylic acid groups (broad SMARTS) is 1. The average Bonchev–Trinajstić information content (AvgIpc) is 2.28. The normalized spacial score (nSPS) is 10.3. The number of carbonyl (C=O) groups is 2. The zero-order valence-corrected chi connectivity index (χ0v) is 8.73. The number of hydrogen-bond acceptors (Lipinski definition) is 2. The second-order valence-corrected chi connectivity index (χ2v) is 3.61. The molecule has 0 aliphatic heterocycles. The van der Waals surface area contributed by atoms with Gasteiger partial charge in [0, 0.05) is 5.56 Å². The van der Waals surface area contributed by atoms with E-state index in [0.29, 0.717) is 10.9 Å². The predicted molar refractivity (Wildman–Crippen MR) is 60.7 cm³/mol. The Kier molecular flexibility index (Phi) is 2.44. The van der Waals surface area contributed by atoms with Crippen LogP contribution in [-0.2, 0) is 4.79 Å². The second kappa shape index (κ2) is 3.77. The summed E-state index contributed by atoms with van der Waals surface area (Å²) < 4.78 is 0. The third kappa shape index (κ3) is 1.56. The molecule has 0 spiro atoms. The van der Waals surface area contributed by atoms with Gasteiger partial charge in [0.25, 0.3) is 5.78 Å². The van der Waals surface area contributed by atoms with E-state index in [0.717, 1.165) is 5.39 Å². The molecule has 0 radical (unpaired) electrons. The Balaban J connectivity index is 2.80. The number of Topliss-reactive ketones (excluding diaryl/α,β-unsaturated/α-hetero) is 1. The number of ketones is 1. The molecule has 80 valence electrons. The van der Waals surface area contributed by atoms with Gasteiger partial charge in [-0.05, 0) is 23.3 Å². The molecule has 0 heterocycles. The lowest BCUT2D eigenvalue weighted by molar-refractivity contribution is -0.131. The molecule has 0 saturated carbocycles. The van der Waals surface area contributed by atoms with Gasteiger partial charge in [-0.3, -0.25) is 4.79 Å². The zero-order chi connectivity index (χ0) is 11.7. The maximum atomic E-state index is 11.6. The summed E-state index contributed by atoms with van der Waals surface area (Å²) in [4.78, 5) is 22.3. The van der Waals surface area contributed by atoms with E-state index in [1.807, 2.05) is 18.2 Å². The third-order valence-corrected chi connectivity index (χ3v) is 2.56. The van der Waals surface area contributed by atoms with Gasteiger partial charge in [0.1, 0.15) is 0 Å². The number of benzene rings is 2. The molecule has 0 aliphatic carbocycles. The molecule has 0 fully saturated rings.